The van der Waals surface area contributed by atoms with E-state index in [4.69, 9.17) is 14.2 Å². The van der Waals surface area contributed by atoms with Crippen LogP contribution in [0, 0.1) is 5.92 Å². The molecule has 4 atom stereocenters. The maximum atomic E-state index is 12.4. The molecular formula is C41H42N2O5S. The summed E-state index contributed by atoms with van der Waals surface area (Å²) in [7, 11) is 1.69. The number of para-hydroxylation sites is 1. The van der Waals surface area contributed by atoms with Crippen LogP contribution < -0.4 is 15.4 Å². The Kier molecular flexibility index (Phi) is 11.7. The van der Waals surface area contributed by atoms with Crippen LogP contribution in [0.4, 0.5) is 4.79 Å². The van der Waals surface area contributed by atoms with Crippen LogP contribution in [-0.2, 0) is 29.2 Å². The molecule has 2 amide bonds. The van der Waals surface area contributed by atoms with E-state index in [1.165, 1.54) is 0 Å². The third kappa shape index (κ3) is 8.90. The minimum atomic E-state index is -0.555. The molecule has 4 unspecified atom stereocenters. The predicted molar refractivity (Wildman–Crippen MR) is 194 cm³/mol. The SMILES string of the molecule is COc1ccccc1SCC1OC(c2ccc(-c3cccc(CNC(=O)NCc4ccccc4)c3)cc2)OC(c2ccc(CO)cc2)C1C. The van der Waals surface area contributed by atoms with Gasteiger partial charge < -0.3 is 30.0 Å². The summed E-state index contributed by atoms with van der Waals surface area (Å²) < 4.78 is 18.9. The van der Waals surface area contributed by atoms with E-state index >= 15 is 0 Å². The number of urea groups is 1. The molecule has 0 saturated carbocycles. The Morgan fingerprint density at radius 3 is 2.14 bits per heavy atom. The molecule has 0 bridgehead atoms. The van der Waals surface area contributed by atoms with Crippen LogP contribution in [0.3, 0.4) is 0 Å². The van der Waals surface area contributed by atoms with Gasteiger partial charge in [0, 0.05) is 35.2 Å². The van der Waals surface area contributed by atoms with Crippen molar-refractivity contribution >= 4 is 17.8 Å². The van der Waals surface area contributed by atoms with Gasteiger partial charge in [0.15, 0.2) is 6.29 Å². The predicted octanol–water partition coefficient (Wildman–Crippen LogP) is 8.44. The highest BCUT2D eigenvalue weighted by atomic mass is 32.2. The van der Waals surface area contributed by atoms with Crippen molar-refractivity contribution in [2.45, 2.75) is 50.0 Å². The number of ether oxygens (including phenoxy) is 3. The van der Waals surface area contributed by atoms with Gasteiger partial charge in [-0.05, 0) is 51.6 Å². The molecule has 6 rings (SSSR count). The summed E-state index contributed by atoms with van der Waals surface area (Å²) in [5.74, 6) is 1.66. The van der Waals surface area contributed by atoms with Crippen molar-refractivity contribution in [3.8, 4) is 16.9 Å². The Balaban J connectivity index is 1.14. The van der Waals surface area contributed by atoms with Gasteiger partial charge in [0.25, 0.3) is 0 Å². The van der Waals surface area contributed by atoms with Crippen LogP contribution in [0.5, 0.6) is 5.75 Å². The second-order valence-electron chi connectivity index (χ2n) is 12.1. The second kappa shape index (κ2) is 16.7. The molecule has 1 saturated heterocycles. The van der Waals surface area contributed by atoms with Crippen molar-refractivity contribution in [2.24, 2.45) is 5.92 Å². The molecule has 0 radical (unpaired) electrons. The molecule has 1 heterocycles. The molecule has 0 aliphatic carbocycles. The number of nitrogens with one attached hydrogen (secondary N) is 2. The molecule has 5 aromatic carbocycles. The van der Waals surface area contributed by atoms with Crippen LogP contribution in [0.25, 0.3) is 11.1 Å². The maximum absolute atomic E-state index is 12.4. The minimum Gasteiger partial charge on any atom is -0.496 e. The van der Waals surface area contributed by atoms with Crippen molar-refractivity contribution < 1.29 is 24.1 Å². The standard InChI is InChI=1S/C41H42N2O5S/c1-28-37(27-49-38-14-7-6-13-36(38)46-2)47-40(48-39(28)33-17-15-30(26-44)16-18-33)34-21-19-32(20-22-34)35-12-8-11-31(23-35)25-43-41(45)42-24-29-9-4-3-5-10-29/h3-23,28,37,39-40,44H,24-27H2,1-2H3,(H2,42,43,45). The minimum absolute atomic E-state index is 0.00111. The monoisotopic (exact) mass is 674 g/mol. The molecule has 0 spiro atoms. The lowest BCUT2D eigenvalue weighted by atomic mass is 9.91. The Hall–Kier alpha value is -4.60. The first-order valence-electron chi connectivity index (χ1n) is 16.5. The number of hydrogen-bond acceptors (Lipinski definition) is 6. The van der Waals surface area contributed by atoms with Crippen LogP contribution in [0.1, 0.15) is 47.1 Å². The summed E-state index contributed by atoms with van der Waals surface area (Å²) in [5.41, 5.74) is 7.04. The van der Waals surface area contributed by atoms with E-state index in [-0.39, 0.29) is 30.8 Å². The van der Waals surface area contributed by atoms with Gasteiger partial charge in [-0.3, -0.25) is 0 Å². The summed E-state index contributed by atoms with van der Waals surface area (Å²) in [6, 6.07) is 42.1. The molecule has 0 aromatic heterocycles. The van der Waals surface area contributed by atoms with E-state index < -0.39 is 6.29 Å². The number of carbonyl (C=O) groups excluding carboxylic acids is 1. The number of carbonyl (C=O) groups is 1. The first-order valence-corrected chi connectivity index (χ1v) is 17.5. The van der Waals surface area contributed by atoms with E-state index in [0.717, 1.165) is 55.3 Å². The van der Waals surface area contributed by atoms with Gasteiger partial charge >= 0.3 is 6.03 Å². The highest BCUT2D eigenvalue weighted by Gasteiger charge is 2.38. The lowest BCUT2D eigenvalue weighted by molar-refractivity contribution is -0.268. The number of benzene rings is 5. The average Bonchev–Trinajstić information content (AvgIpc) is 3.16. The molecule has 49 heavy (non-hydrogen) atoms. The summed E-state index contributed by atoms with van der Waals surface area (Å²) in [4.78, 5) is 13.5. The molecule has 1 aliphatic heterocycles. The van der Waals surface area contributed by atoms with Crippen molar-refractivity contribution in [3.05, 3.63) is 155 Å². The van der Waals surface area contributed by atoms with Gasteiger partial charge in [-0.25, -0.2) is 4.79 Å². The first kappa shape index (κ1) is 34.3. The lowest BCUT2D eigenvalue weighted by Crippen LogP contribution is -2.38. The zero-order valence-corrected chi connectivity index (χ0v) is 28.6. The molecule has 1 aliphatic rings. The highest BCUT2D eigenvalue weighted by Crippen LogP contribution is 2.44. The van der Waals surface area contributed by atoms with Gasteiger partial charge in [-0.2, -0.15) is 0 Å². The largest absolute Gasteiger partial charge is 0.496 e. The van der Waals surface area contributed by atoms with E-state index in [2.05, 4.69) is 60.0 Å². The topological polar surface area (TPSA) is 89.1 Å². The third-order valence-corrected chi connectivity index (χ3v) is 9.93. The fraction of sp³-hybridized carbons (Fsp3) is 0.244. The van der Waals surface area contributed by atoms with Crippen molar-refractivity contribution in [1.82, 2.24) is 10.6 Å². The lowest BCUT2D eigenvalue weighted by Gasteiger charge is -2.41. The smallest absolute Gasteiger partial charge is 0.315 e. The number of methoxy groups -OCH3 is 1. The number of hydrogen-bond donors (Lipinski definition) is 3. The summed E-state index contributed by atoms with van der Waals surface area (Å²) in [6.45, 7) is 3.07. The molecule has 252 valence electrons. The number of thioether (sulfide) groups is 1. The van der Waals surface area contributed by atoms with E-state index in [1.807, 2.05) is 84.9 Å². The van der Waals surface area contributed by atoms with Gasteiger partial charge in [0.1, 0.15) is 5.75 Å². The molecule has 1 fully saturated rings. The quantitative estimate of drug-likeness (QED) is 0.115. The highest BCUT2D eigenvalue weighted by molar-refractivity contribution is 7.99. The first-order chi connectivity index (χ1) is 24.0. The van der Waals surface area contributed by atoms with Gasteiger partial charge in [-0.1, -0.05) is 116 Å². The van der Waals surface area contributed by atoms with Gasteiger partial charge in [-0.15, -0.1) is 11.8 Å². The van der Waals surface area contributed by atoms with Crippen molar-refractivity contribution in [1.29, 1.82) is 0 Å². The van der Waals surface area contributed by atoms with E-state index in [9.17, 15) is 9.90 Å². The second-order valence-corrected chi connectivity index (χ2v) is 13.2. The Morgan fingerprint density at radius 1 is 0.735 bits per heavy atom. The van der Waals surface area contributed by atoms with E-state index in [0.29, 0.717) is 13.1 Å². The number of aliphatic hydroxyl groups is 1. The number of aliphatic hydroxyl groups excluding tert-OH is 1. The molecular weight excluding hydrogens is 633 g/mol. The molecule has 7 nitrogen and oxygen atoms in total. The number of rotatable bonds is 12. The molecule has 8 heteroatoms. The van der Waals surface area contributed by atoms with Gasteiger partial charge in [0.2, 0.25) is 0 Å². The van der Waals surface area contributed by atoms with Crippen molar-refractivity contribution in [3.63, 3.8) is 0 Å². The third-order valence-electron chi connectivity index (χ3n) is 8.79. The fourth-order valence-electron chi connectivity index (χ4n) is 5.94. The van der Waals surface area contributed by atoms with Crippen LogP contribution >= 0.6 is 11.8 Å². The fourth-order valence-corrected chi connectivity index (χ4v) is 7.13. The van der Waals surface area contributed by atoms with E-state index in [1.54, 1.807) is 18.9 Å². The summed E-state index contributed by atoms with van der Waals surface area (Å²) in [6.07, 6.45) is -0.839. The average molecular weight is 675 g/mol. The summed E-state index contributed by atoms with van der Waals surface area (Å²) >= 11 is 1.72. The van der Waals surface area contributed by atoms with Crippen molar-refractivity contribution in [2.75, 3.05) is 12.9 Å². The Morgan fingerprint density at radius 2 is 1.41 bits per heavy atom. The zero-order valence-electron chi connectivity index (χ0n) is 27.8. The normalized spacial score (nSPS) is 18.8. The zero-order chi connectivity index (χ0) is 34.0. The number of amides is 2. The van der Waals surface area contributed by atoms with Crippen LogP contribution in [-0.4, -0.2) is 30.1 Å². The molecule has 5 aromatic rings. The maximum Gasteiger partial charge on any atom is 0.315 e. The molecule has 3 N–H and O–H groups in total. The van der Waals surface area contributed by atoms with Crippen LogP contribution in [0.15, 0.2) is 132 Å². The van der Waals surface area contributed by atoms with Crippen LogP contribution in [0.2, 0.25) is 0 Å². The Labute approximate surface area is 292 Å². The summed E-state index contributed by atoms with van der Waals surface area (Å²) in [5, 5.41) is 15.4. The Bertz CT molecular complexity index is 1800. The van der Waals surface area contributed by atoms with Gasteiger partial charge in [0.05, 0.1) is 25.9 Å².